The molecule has 5 heteroatoms. The molecule has 0 fully saturated rings. The molecule has 0 atom stereocenters. The molecule has 0 bridgehead atoms. The third kappa shape index (κ3) is 5.23. The second-order valence-electron chi connectivity index (χ2n) is 17.3. The minimum Gasteiger partial charge on any atom is -0.312 e. The number of para-hydroxylation sites is 3. The van der Waals surface area contributed by atoms with E-state index in [4.69, 9.17) is 0 Å². The van der Waals surface area contributed by atoms with Crippen LogP contribution in [0.2, 0.25) is 0 Å². The number of fused-ring (bicyclic) bond motifs is 8. The van der Waals surface area contributed by atoms with E-state index in [0.717, 1.165) is 11.1 Å². The summed E-state index contributed by atoms with van der Waals surface area (Å²) in [4.78, 5) is 5.19. The van der Waals surface area contributed by atoms with E-state index < -0.39 is 0 Å². The molecule has 63 heavy (non-hydrogen) atoms. The van der Waals surface area contributed by atoms with E-state index in [-0.39, 0.29) is 20.1 Å². The number of rotatable bonds is 6. The van der Waals surface area contributed by atoms with Gasteiger partial charge in [-0.05, 0) is 95.9 Å². The monoisotopic (exact) mass is 796 g/mol. The molecule has 9 aromatic rings. The van der Waals surface area contributed by atoms with Gasteiger partial charge in [0.1, 0.15) is 0 Å². The summed E-state index contributed by atoms with van der Waals surface area (Å²) >= 11 is 0. The average molecular weight is 796 g/mol. The zero-order chi connectivity index (χ0) is 41.8. The van der Waals surface area contributed by atoms with E-state index in [2.05, 4.69) is 223 Å². The molecule has 0 aromatic heterocycles. The Morgan fingerprint density at radius 1 is 0.317 bits per heavy atom. The zero-order valence-corrected chi connectivity index (χ0v) is 34.7. The first kappa shape index (κ1) is 36.0. The average Bonchev–Trinajstić information content (AvgIpc) is 3.35. The largest absolute Gasteiger partial charge is 0.312 e. The van der Waals surface area contributed by atoms with Gasteiger partial charge in [0, 0.05) is 34.1 Å². The maximum Gasteiger partial charge on any atom is 0.252 e. The molecule has 290 valence electrons. The summed E-state index contributed by atoms with van der Waals surface area (Å²) in [5.74, 6) is 0. The maximum atomic E-state index is 4.05. The minimum absolute atomic E-state index is 0.00195. The second kappa shape index (κ2) is 13.9. The smallest absolute Gasteiger partial charge is 0.252 e. The molecule has 0 aliphatic carbocycles. The lowest BCUT2D eigenvalue weighted by Gasteiger charge is -2.49. The van der Waals surface area contributed by atoms with E-state index >= 15 is 0 Å². The summed E-state index contributed by atoms with van der Waals surface area (Å²) in [6.07, 6.45) is 3.83. The quantitative estimate of drug-likeness (QED) is 0.157. The molecule has 4 heterocycles. The number of hydrogen-bond donors (Lipinski definition) is 0. The molecule has 0 saturated heterocycles. The number of benzene rings is 9. The summed E-state index contributed by atoms with van der Waals surface area (Å²) in [6, 6.07) is 75.2. The summed E-state index contributed by atoms with van der Waals surface area (Å²) in [7, 11) is 0. The van der Waals surface area contributed by atoms with Crippen molar-refractivity contribution in [2.75, 3.05) is 9.80 Å². The van der Waals surface area contributed by atoms with Crippen molar-refractivity contribution >= 4 is 116 Å². The molecule has 2 nitrogen and oxygen atoms in total. The minimum atomic E-state index is 0.00195. The van der Waals surface area contributed by atoms with Gasteiger partial charge in [0.2, 0.25) is 13.4 Å². The highest BCUT2D eigenvalue weighted by Crippen LogP contribution is 2.45. The molecule has 9 aromatic carbocycles. The van der Waals surface area contributed by atoms with Gasteiger partial charge >= 0.3 is 0 Å². The van der Waals surface area contributed by atoms with Crippen LogP contribution in [-0.4, -0.2) is 20.1 Å². The van der Waals surface area contributed by atoms with Gasteiger partial charge in [0.25, 0.3) is 6.71 Å². The second-order valence-corrected chi connectivity index (χ2v) is 17.3. The molecule has 13 rings (SSSR count). The van der Waals surface area contributed by atoms with Gasteiger partial charge in [-0.3, -0.25) is 0 Å². The fourth-order valence-corrected chi connectivity index (χ4v) is 11.4. The number of hydrogen-bond acceptors (Lipinski definition) is 2. The Bertz CT molecular complexity index is 3360. The van der Waals surface area contributed by atoms with Gasteiger partial charge in [0.05, 0.1) is 0 Å². The van der Waals surface area contributed by atoms with E-state index in [1.807, 2.05) is 12.2 Å². The third-order valence-corrected chi connectivity index (χ3v) is 14.1. The standard InChI is InChI=1S/C58H39B3N2/c1-3-38-27-31-40(32-28-38)42-15-12-18-45(35-42)60-47-20-9-11-24-53(47)62-54-25-14-26-55-56(54)61(49-22-13-21-48(60)57(49)62)51-37-43(41-33-29-39(4-2)30-34-41)36-50-58(51)63(55)52-23-10-8-19-46(52)59(50)44-16-6-5-7-17-44/h3-37H,1-2H2. The normalized spacial score (nSPS) is 13.4. The molecule has 0 spiro atoms. The summed E-state index contributed by atoms with van der Waals surface area (Å²) < 4.78 is 0. The van der Waals surface area contributed by atoms with Gasteiger partial charge in [-0.25, -0.2) is 0 Å². The van der Waals surface area contributed by atoms with Crippen LogP contribution in [0.1, 0.15) is 11.1 Å². The topological polar surface area (TPSA) is 6.48 Å². The summed E-state index contributed by atoms with van der Waals surface area (Å²) in [5.41, 5.74) is 26.6. The highest BCUT2D eigenvalue weighted by Gasteiger charge is 2.50. The highest BCUT2D eigenvalue weighted by molar-refractivity contribution is 7.05. The van der Waals surface area contributed by atoms with Gasteiger partial charge in [-0.15, -0.1) is 0 Å². The zero-order valence-electron chi connectivity index (χ0n) is 34.7. The number of nitrogens with zero attached hydrogens (tertiary/aromatic N) is 2. The Labute approximate surface area is 370 Å². The molecule has 0 N–H and O–H groups in total. The molecule has 0 saturated carbocycles. The van der Waals surface area contributed by atoms with Crippen molar-refractivity contribution in [1.82, 2.24) is 0 Å². The number of anilines is 6. The van der Waals surface area contributed by atoms with Crippen molar-refractivity contribution in [2.24, 2.45) is 0 Å². The van der Waals surface area contributed by atoms with Crippen molar-refractivity contribution in [3.8, 4) is 22.3 Å². The van der Waals surface area contributed by atoms with Gasteiger partial charge < -0.3 is 9.80 Å². The molecule has 4 aliphatic rings. The Hall–Kier alpha value is -7.75. The lowest BCUT2D eigenvalue weighted by Crippen LogP contribution is -2.69. The lowest BCUT2D eigenvalue weighted by atomic mass is 9.28. The van der Waals surface area contributed by atoms with Crippen LogP contribution in [0.4, 0.5) is 34.1 Å². The van der Waals surface area contributed by atoms with Crippen molar-refractivity contribution in [1.29, 1.82) is 0 Å². The van der Waals surface area contributed by atoms with E-state index in [9.17, 15) is 0 Å². The van der Waals surface area contributed by atoms with Crippen LogP contribution < -0.4 is 59.0 Å². The van der Waals surface area contributed by atoms with E-state index in [1.54, 1.807) is 0 Å². The van der Waals surface area contributed by atoms with E-state index in [0.29, 0.717) is 0 Å². The van der Waals surface area contributed by atoms with Crippen LogP contribution in [0.25, 0.3) is 34.4 Å². The molecule has 0 amide bonds. The third-order valence-electron chi connectivity index (χ3n) is 14.1. The van der Waals surface area contributed by atoms with Crippen LogP contribution in [-0.2, 0) is 0 Å². The van der Waals surface area contributed by atoms with Gasteiger partial charge in [0.15, 0.2) is 0 Å². The van der Waals surface area contributed by atoms with Crippen LogP contribution in [0.3, 0.4) is 0 Å². The fraction of sp³-hybridized carbons (Fsp3) is 0. The van der Waals surface area contributed by atoms with Crippen LogP contribution in [0.15, 0.2) is 213 Å². The van der Waals surface area contributed by atoms with E-state index in [1.165, 1.54) is 106 Å². The summed E-state index contributed by atoms with van der Waals surface area (Å²) in [5, 5.41) is 0. The highest BCUT2D eigenvalue weighted by atomic mass is 15.2. The van der Waals surface area contributed by atoms with Crippen molar-refractivity contribution in [3.05, 3.63) is 224 Å². The first-order valence-corrected chi connectivity index (χ1v) is 22.0. The Morgan fingerprint density at radius 3 is 1.38 bits per heavy atom. The molecule has 0 unspecified atom stereocenters. The molecular formula is C58H39B3N2. The molecule has 0 radical (unpaired) electrons. The first-order chi connectivity index (χ1) is 31.2. The maximum absolute atomic E-state index is 4.05. The van der Waals surface area contributed by atoms with Crippen molar-refractivity contribution in [2.45, 2.75) is 0 Å². The fourth-order valence-electron chi connectivity index (χ4n) is 11.4. The predicted molar refractivity (Wildman–Crippen MR) is 274 cm³/mol. The molecule has 4 aliphatic heterocycles. The molecular weight excluding hydrogens is 757 g/mol. The predicted octanol–water partition coefficient (Wildman–Crippen LogP) is 8.05. The first-order valence-electron chi connectivity index (χ1n) is 22.0. The van der Waals surface area contributed by atoms with Gasteiger partial charge in [-0.2, -0.15) is 0 Å². The lowest BCUT2D eigenvalue weighted by molar-refractivity contribution is 1.26. The SMILES string of the molecule is C=Cc1ccc(-c2cccc(B3c4ccccc4N4c5cccc6c5B(c5cccc3c54)c3cc(-c4ccc(C=C)cc4)cc4c3N6c3ccccc3B4c3ccccc3)c2)cc1. The van der Waals surface area contributed by atoms with Crippen LogP contribution >= 0.6 is 0 Å². The Balaban J connectivity index is 1.09. The Morgan fingerprint density at radius 2 is 0.762 bits per heavy atom. The van der Waals surface area contributed by atoms with Crippen molar-refractivity contribution < 1.29 is 0 Å². The Kier molecular flexibility index (Phi) is 7.93. The summed E-state index contributed by atoms with van der Waals surface area (Å²) in [6.45, 7) is 8.14. The van der Waals surface area contributed by atoms with Crippen LogP contribution in [0.5, 0.6) is 0 Å². The van der Waals surface area contributed by atoms with Gasteiger partial charge in [-0.1, -0.05) is 212 Å². The van der Waals surface area contributed by atoms with Crippen molar-refractivity contribution in [3.63, 3.8) is 0 Å². The van der Waals surface area contributed by atoms with Crippen LogP contribution in [0, 0.1) is 0 Å².